The van der Waals surface area contributed by atoms with Crippen molar-refractivity contribution in [3.63, 3.8) is 0 Å². The van der Waals surface area contributed by atoms with Crippen molar-refractivity contribution in [3.8, 4) is 11.5 Å². The SMILES string of the molecule is COCN(c1noc(C)c1C)S(=O)(=O)c1ccccc1OBOc1ccccc1S(=O)(=O)N(COC)c1noc(C)c1C. The molecule has 2 heterocycles. The maximum atomic E-state index is 13.8. The van der Waals surface area contributed by atoms with Crippen molar-refractivity contribution >= 4 is 39.4 Å². The number of nitrogens with zero attached hydrogens (tertiary/aromatic N) is 4. The van der Waals surface area contributed by atoms with E-state index >= 15 is 0 Å². The van der Waals surface area contributed by atoms with E-state index in [1.807, 2.05) is 0 Å². The van der Waals surface area contributed by atoms with Gasteiger partial charge < -0.3 is 27.8 Å². The fraction of sp³-hybridized carbons (Fsp3) is 0.308. The summed E-state index contributed by atoms with van der Waals surface area (Å²) < 4.78 is 89.1. The molecule has 0 amide bonds. The summed E-state index contributed by atoms with van der Waals surface area (Å²) in [5.74, 6) is 0.963. The molecule has 230 valence electrons. The van der Waals surface area contributed by atoms with Crippen LogP contribution >= 0.6 is 0 Å². The van der Waals surface area contributed by atoms with Gasteiger partial charge in [0.2, 0.25) is 0 Å². The van der Waals surface area contributed by atoms with Crippen molar-refractivity contribution < 1.29 is 44.7 Å². The van der Waals surface area contributed by atoms with E-state index in [1.165, 1.54) is 50.6 Å². The largest absolute Gasteiger partial charge is 0.576 e. The van der Waals surface area contributed by atoms with Crippen LogP contribution in [-0.4, -0.2) is 62.5 Å². The Bertz CT molecular complexity index is 1660. The molecule has 0 aliphatic heterocycles. The third-order valence-electron chi connectivity index (χ3n) is 6.49. The predicted molar refractivity (Wildman–Crippen MR) is 156 cm³/mol. The molecule has 0 spiro atoms. The van der Waals surface area contributed by atoms with Crippen LogP contribution in [0.2, 0.25) is 0 Å². The molecule has 17 heteroatoms. The molecule has 0 fully saturated rings. The van der Waals surface area contributed by atoms with Gasteiger partial charge in [0, 0.05) is 25.3 Å². The number of aromatic nitrogens is 2. The summed E-state index contributed by atoms with van der Waals surface area (Å²) in [6.45, 7) is 6.01. The number of benzene rings is 2. The first kappa shape index (κ1) is 31.9. The third kappa shape index (κ3) is 6.34. The lowest BCUT2D eigenvalue weighted by Crippen LogP contribution is -2.34. The molecule has 2 aromatic heterocycles. The first-order valence-electron chi connectivity index (χ1n) is 12.8. The Labute approximate surface area is 250 Å². The second kappa shape index (κ2) is 13.1. The van der Waals surface area contributed by atoms with Crippen LogP contribution in [0, 0.1) is 27.7 Å². The predicted octanol–water partition coefficient (Wildman–Crippen LogP) is 3.22. The van der Waals surface area contributed by atoms with Crippen molar-refractivity contribution in [2.45, 2.75) is 37.5 Å². The zero-order valence-electron chi connectivity index (χ0n) is 24.4. The maximum Gasteiger partial charge on any atom is 0.576 e. The summed E-state index contributed by atoms with van der Waals surface area (Å²) in [7, 11) is -6.34. The van der Waals surface area contributed by atoms with Gasteiger partial charge in [-0.15, -0.1) is 0 Å². The first-order valence-corrected chi connectivity index (χ1v) is 15.7. The van der Waals surface area contributed by atoms with Crippen LogP contribution in [0.1, 0.15) is 22.6 Å². The van der Waals surface area contributed by atoms with Crippen LogP contribution in [0.3, 0.4) is 0 Å². The zero-order valence-corrected chi connectivity index (χ0v) is 26.1. The van der Waals surface area contributed by atoms with E-state index in [9.17, 15) is 16.8 Å². The van der Waals surface area contributed by atoms with Crippen LogP contribution in [0.15, 0.2) is 67.4 Å². The molecule has 0 N–H and O–H groups in total. The number of ether oxygens (including phenoxy) is 2. The highest BCUT2D eigenvalue weighted by Gasteiger charge is 2.34. The smallest absolute Gasteiger partial charge is 0.527 e. The van der Waals surface area contributed by atoms with Gasteiger partial charge in [-0.05, 0) is 52.0 Å². The van der Waals surface area contributed by atoms with Gasteiger partial charge in [-0.2, -0.15) is 0 Å². The summed E-state index contributed by atoms with van der Waals surface area (Å²) in [5, 5.41) is 7.78. The molecule has 4 aromatic rings. The van der Waals surface area contributed by atoms with E-state index in [4.69, 9.17) is 27.8 Å². The summed E-state index contributed by atoms with van der Waals surface area (Å²) in [6, 6.07) is 11.9. The number of hydrogen-bond donors (Lipinski definition) is 0. The number of rotatable bonds is 14. The van der Waals surface area contributed by atoms with Crippen LogP contribution in [-0.2, 0) is 29.5 Å². The standard InChI is InChI=1S/C26H31BN4O10S2/c1-17-19(3)40-28-25(17)30(15-36-5)42(32,33)23-13-9-7-11-21(23)38-27-39-22-12-8-10-14-24(22)43(34,35)31(16-37-6)26-18(2)20(4)41-29-26/h7-14,27H,15-16H2,1-6H3. The first-order chi connectivity index (χ1) is 20.4. The molecular weight excluding hydrogens is 603 g/mol. The second-order valence-electron chi connectivity index (χ2n) is 9.22. The molecule has 0 aliphatic carbocycles. The maximum absolute atomic E-state index is 13.8. The summed E-state index contributed by atoms with van der Waals surface area (Å²) >= 11 is 0. The summed E-state index contributed by atoms with van der Waals surface area (Å²) in [5.41, 5.74) is 1.05. The van der Waals surface area contributed by atoms with Crippen LogP contribution in [0.5, 0.6) is 11.5 Å². The van der Waals surface area contributed by atoms with E-state index in [-0.39, 0.29) is 46.4 Å². The van der Waals surface area contributed by atoms with Gasteiger partial charge in [-0.25, -0.2) is 25.4 Å². The number of sulfonamides is 2. The van der Waals surface area contributed by atoms with Crippen molar-refractivity contribution in [2.24, 2.45) is 0 Å². The number of hydrogen-bond acceptors (Lipinski definition) is 12. The van der Waals surface area contributed by atoms with Crippen LogP contribution in [0.4, 0.5) is 11.6 Å². The van der Waals surface area contributed by atoms with E-state index < -0.39 is 27.7 Å². The lowest BCUT2D eigenvalue weighted by Gasteiger charge is -2.23. The van der Waals surface area contributed by atoms with E-state index in [0.717, 1.165) is 8.61 Å². The lowest BCUT2D eigenvalue weighted by atomic mass is 10.3. The fourth-order valence-electron chi connectivity index (χ4n) is 3.96. The van der Waals surface area contributed by atoms with Gasteiger partial charge in [-0.1, -0.05) is 34.6 Å². The number of para-hydroxylation sites is 2. The Morgan fingerprint density at radius 3 is 1.37 bits per heavy atom. The normalized spacial score (nSPS) is 11.8. The quantitative estimate of drug-likeness (QED) is 0.147. The molecule has 43 heavy (non-hydrogen) atoms. The summed E-state index contributed by atoms with van der Waals surface area (Å²) in [4.78, 5) is -0.389. The molecule has 0 saturated heterocycles. The average Bonchev–Trinajstić information content (AvgIpc) is 3.49. The highest BCUT2D eigenvalue weighted by atomic mass is 32.2. The Balaban J connectivity index is 1.61. The summed E-state index contributed by atoms with van der Waals surface area (Å²) in [6.07, 6.45) is 0. The monoisotopic (exact) mass is 634 g/mol. The third-order valence-corrected chi connectivity index (χ3v) is 10.00. The molecular formula is C26H31BN4O10S2. The fourth-order valence-corrected chi connectivity index (χ4v) is 6.98. The van der Waals surface area contributed by atoms with Gasteiger partial charge in [-0.3, -0.25) is 0 Å². The topological polar surface area (TPSA) is 164 Å². The van der Waals surface area contributed by atoms with Crippen LogP contribution < -0.4 is 17.9 Å². The molecule has 0 bridgehead atoms. The molecule has 4 rings (SSSR count). The van der Waals surface area contributed by atoms with Gasteiger partial charge in [0.1, 0.15) is 46.3 Å². The highest BCUT2D eigenvalue weighted by Crippen LogP contribution is 2.34. The zero-order chi connectivity index (χ0) is 31.4. The Kier molecular flexibility index (Phi) is 9.69. The van der Waals surface area contributed by atoms with E-state index in [1.54, 1.807) is 39.8 Å². The molecule has 14 nitrogen and oxygen atoms in total. The molecule has 2 aromatic carbocycles. The van der Waals surface area contributed by atoms with E-state index in [0.29, 0.717) is 22.6 Å². The van der Waals surface area contributed by atoms with Gasteiger partial charge in [0.05, 0.1) is 0 Å². The Hall–Kier alpha value is -4.06. The Morgan fingerprint density at radius 1 is 0.674 bits per heavy atom. The molecule has 0 saturated carbocycles. The molecule has 0 atom stereocenters. The van der Waals surface area contributed by atoms with Crippen molar-refractivity contribution in [3.05, 3.63) is 71.2 Å². The molecule has 0 unspecified atom stereocenters. The van der Waals surface area contributed by atoms with Gasteiger partial charge >= 0.3 is 7.69 Å². The molecule has 0 radical (unpaired) electrons. The number of methoxy groups -OCH3 is 2. The lowest BCUT2D eigenvalue weighted by molar-refractivity contribution is 0.208. The second-order valence-corrected chi connectivity index (χ2v) is 12.9. The van der Waals surface area contributed by atoms with Crippen molar-refractivity contribution in [1.82, 2.24) is 10.3 Å². The number of anilines is 2. The number of aryl methyl sites for hydroxylation is 2. The van der Waals surface area contributed by atoms with Crippen LogP contribution in [0.25, 0.3) is 0 Å². The van der Waals surface area contributed by atoms with Crippen molar-refractivity contribution in [1.29, 1.82) is 0 Å². The minimum absolute atomic E-state index is 0.0449. The minimum Gasteiger partial charge on any atom is -0.527 e. The minimum atomic E-state index is -4.26. The molecule has 0 aliphatic rings. The Morgan fingerprint density at radius 2 is 1.05 bits per heavy atom. The van der Waals surface area contributed by atoms with Gasteiger partial charge in [0.15, 0.2) is 11.6 Å². The van der Waals surface area contributed by atoms with Gasteiger partial charge in [0.25, 0.3) is 20.0 Å². The van der Waals surface area contributed by atoms with E-state index in [2.05, 4.69) is 10.3 Å². The highest BCUT2D eigenvalue weighted by molar-refractivity contribution is 7.93. The average molecular weight is 634 g/mol. The van der Waals surface area contributed by atoms with Crippen molar-refractivity contribution in [2.75, 3.05) is 36.3 Å².